The van der Waals surface area contributed by atoms with Crippen LogP contribution in [-0.2, 0) is 17.7 Å². The molecule has 104 valence electrons. The molecule has 1 rings (SSSR count). The number of likely N-dealkylation sites (N-methyl/N-ethyl adjacent to an activating group) is 1. The van der Waals surface area contributed by atoms with Gasteiger partial charge in [0.05, 0.1) is 6.10 Å². The van der Waals surface area contributed by atoms with Crippen molar-refractivity contribution >= 4 is 11.3 Å². The number of H-pyrrole nitrogens is 1. The van der Waals surface area contributed by atoms with Crippen molar-refractivity contribution in [2.24, 2.45) is 0 Å². The lowest BCUT2D eigenvalue weighted by atomic mass is 10.1. The molecule has 8 nitrogen and oxygen atoms in total. The van der Waals surface area contributed by atoms with E-state index in [1.165, 1.54) is 0 Å². The first kappa shape index (κ1) is 15.0. The van der Waals surface area contributed by atoms with Gasteiger partial charge in [-0.1, -0.05) is 12.1 Å². The maximum Gasteiger partial charge on any atom is 0.438 e. The van der Waals surface area contributed by atoms with Crippen LogP contribution in [0.1, 0.15) is 25.6 Å². The lowest BCUT2D eigenvalue weighted by Crippen LogP contribution is -2.33. The van der Waals surface area contributed by atoms with Crippen LogP contribution < -0.4 is 5.76 Å². The average Bonchev–Trinajstić information content (AvgIpc) is 2.71. The second-order valence-corrected chi connectivity index (χ2v) is 4.74. The Labute approximate surface area is 106 Å². The van der Waals surface area contributed by atoms with Gasteiger partial charge in [-0.2, -0.15) is 0 Å². The van der Waals surface area contributed by atoms with Gasteiger partial charge in [-0.3, -0.25) is 13.7 Å². The van der Waals surface area contributed by atoms with Crippen LogP contribution in [0, 0.1) is 0 Å². The van der Waals surface area contributed by atoms with Crippen LogP contribution in [0.4, 0.5) is 0 Å². The molecule has 0 fully saturated rings. The van der Waals surface area contributed by atoms with Crippen LogP contribution in [0.5, 0.6) is 0 Å². The van der Waals surface area contributed by atoms with Gasteiger partial charge in [0.15, 0.2) is 5.82 Å². The molecule has 9 heteroatoms. The number of aryl methyl sites for hydroxylation is 1. The van der Waals surface area contributed by atoms with Crippen molar-refractivity contribution < 1.29 is 18.4 Å². The van der Waals surface area contributed by atoms with Crippen molar-refractivity contribution in [2.45, 2.75) is 32.3 Å². The maximum absolute atomic E-state index is 10.7. The number of aliphatic hydroxyl groups excluding tert-OH is 1. The molecule has 0 aliphatic carbocycles. The first-order valence-corrected chi connectivity index (χ1v) is 6.63. The minimum absolute atomic E-state index is 0.0714. The van der Waals surface area contributed by atoms with Crippen LogP contribution in [-0.4, -0.2) is 47.5 Å². The fraction of sp³-hybridized carbons (Fsp3) is 0.778. The Hall–Kier alpha value is -1.03. The van der Waals surface area contributed by atoms with Crippen LogP contribution >= 0.6 is 0 Å². The molecule has 0 spiro atoms. The first-order chi connectivity index (χ1) is 8.52. The van der Waals surface area contributed by atoms with E-state index in [9.17, 15) is 18.7 Å². The Balaban J connectivity index is 2.26. The Morgan fingerprint density at radius 3 is 2.89 bits per heavy atom. The molecule has 2 atom stereocenters. The summed E-state index contributed by atoms with van der Waals surface area (Å²) in [5, 5.41) is 13.1. The topological polar surface area (TPSA) is 122 Å². The number of rotatable bonds is 8. The van der Waals surface area contributed by atoms with E-state index in [1.54, 1.807) is 6.92 Å². The molecule has 0 saturated carbocycles. The third-order valence-corrected chi connectivity index (χ3v) is 3.24. The van der Waals surface area contributed by atoms with E-state index < -0.39 is 23.1 Å². The smallest absolute Gasteiger partial charge is 0.438 e. The SMILES string of the molecule is CCN(C[C@@H](O)CCCc1noc(=O)[nH]1)S(=O)[O-]. The zero-order valence-electron chi connectivity index (χ0n) is 10.00. The van der Waals surface area contributed by atoms with E-state index in [0.717, 1.165) is 4.31 Å². The zero-order valence-corrected chi connectivity index (χ0v) is 10.8. The van der Waals surface area contributed by atoms with E-state index >= 15 is 0 Å². The monoisotopic (exact) mass is 278 g/mol. The van der Waals surface area contributed by atoms with E-state index in [1.807, 2.05) is 0 Å². The number of nitrogens with zero attached hydrogens (tertiary/aromatic N) is 2. The van der Waals surface area contributed by atoms with Crippen LogP contribution in [0.15, 0.2) is 9.32 Å². The molecule has 0 amide bonds. The molecule has 0 radical (unpaired) electrons. The molecule has 18 heavy (non-hydrogen) atoms. The van der Waals surface area contributed by atoms with Crippen molar-refractivity contribution in [1.29, 1.82) is 0 Å². The molecule has 0 aliphatic rings. The highest BCUT2D eigenvalue weighted by atomic mass is 32.2. The van der Waals surface area contributed by atoms with Gasteiger partial charge in [0.25, 0.3) is 0 Å². The molecule has 0 aromatic carbocycles. The molecule has 1 heterocycles. The summed E-state index contributed by atoms with van der Waals surface area (Å²) in [7, 11) is 0. The fourth-order valence-corrected chi connectivity index (χ4v) is 2.00. The number of aromatic nitrogens is 2. The lowest BCUT2D eigenvalue weighted by Gasteiger charge is -2.24. The lowest BCUT2D eigenvalue weighted by molar-refractivity contribution is 0.135. The third kappa shape index (κ3) is 5.08. The molecule has 0 bridgehead atoms. The molecular weight excluding hydrogens is 262 g/mol. The van der Waals surface area contributed by atoms with Crippen molar-refractivity contribution in [3.05, 3.63) is 16.4 Å². The largest absolute Gasteiger partial charge is 0.760 e. The predicted octanol–water partition coefficient (Wildman–Crippen LogP) is -0.837. The van der Waals surface area contributed by atoms with Gasteiger partial charge < -0.3 is 9.66 Å². The molecule has 0 aliphatic heterocycles. The zero-order chi connectivity index (χ0) is 13.5. The highest BCUT2D eigenvalue weighted by Gasteiger charge is 2.11. The van der Waals surface area contributed by atoms with Crippen molar-refractivity contribution in [1.82, 2.24) is 14.4 Å². The van der Waals surface area contributed by atoms with Crippen LogP contribution in [0.25, 0.3) is 0 Å². The van der Waals surface area contributed by atoms with Crippen LogP contribution in [0.3, 0.4) is 0 Å². The molecule has 2 N–H and O–H groups in total. The van der Waals surface area contributed by atoms with E-state index in [4.69, 9.17) is 0 Å². The third-order valence-electron chi connectivity index (χ3n) is 2.41. The standard InChI is InChI=1S/C9H17N3O5S/c1-2-12(18(15)16)6-7(13)4-3-5-8-10-9(14)17-11-8/h7,13H,2-6H2,1H3,(H,15,16)(H,10,11,14)/p-1/t7-/m0/s1. The summed E-state index contributed by atoms with van der Waals surface area (Å²) in [5.74, 6) is -0.184. The number of aromatic amines is 1. The number of nitrogens with one attached hydrogen (secondary N) is 1. The minimum Gasteiger partial charge on any atom is -0.760 e. The van der Waals surface area contributed by atoms with E-state index in [0.29, 0.717) is 31.6 Å². The molecular formula is C9H16N3O5S-. The highest BCUT2D eigenvalue weighted by molar-refractivity contribution is 7.76. The van der Waals surface area contributed by atoms with Crippen LogP contribution in [0.2, 0.25) is 0 Å². The summed E-state index contributed by atoms with van der Waals surface area (Å²) >= 11 is -2.31. The van der Waals surface area contributed by atoms with E-state index in [-0.39, 0.29) is 6.54 Å². The van der Waals surface area contributed by atoms with Gasteiger partial charge in [0.2, 0.25) is 0 Å². The van der Waals surface area contributed by atoms with Crippen molar-refractivity contribution in [3.63, 3.8) is 0 Å². The number of hydrogen-bond acceptors (Lipinski definition) is 6. The molecule has 1 aromatic rings. The maximum atomic E-state index is 10.7. The Kier molecular flexibility index (Phi) is 6.19. The number of aliphatic hydroxyl groups is 1. The van der Waals surface area contributed by atoms with Crippen molar-refractivity contribution in [2.75, 3.05) is 13.1 Å². The first-order valence-electron chi connectivity index (χ1n) is 5.60. The summed E-state index contributed by atoms with van der Waals surface area (Å²) in [4.78, 5) is 13.0. The predicted molar refractivity (Wildman–Crippen MR) is 62.2 cm³/mol. The second-order valence-electron chi connectivity index (χ2n) is 3.79. The van der Waals surface area contributed by atoms with Gasteiger partial charge in [0, 0.05) is 30.8 Å². The normalized spacial score (nSPS) is 14.9. The van der Waals surface area contributed by atoms with Crippen molar-refractivity contribution in [3.8, 4) is 0 Å². The van der Waals surface area contributed by atoms with E-state index in [2.05, 4.69) is 14.7 Å². The Morgan fingerprint density at radius 1 is 1.67 bits per heavy atom. The van der Waals surface area contributed by atoms with Gasteiger partial charge in [0.1, 0.15) is 0 Å². The van der Waals surface area contributed by atoms with Gasteiger partial charge in [-0.05, 0) is 12.8 Å². The summed E-state index contributed by atoms with van der Waals surface area (Å²) in [6.07, 6.45) is 0.728. The second kappa shape index (κ2) is 7.41. The molecule has 1 aromatic heterocycles. The quantitative estimate of drug-likeness (QED) is 0.598. The van der Waals surface area contributed by atoms with Gasteiger partial charge >= 0.3 is 5.76 Å². The molecule has 0 saturated heterocycles. The van der Waals surface area contributed by atoms with Gasteiger partial charge in [-0.15, -0.1) is 0 Å². The summed E-state index contributed by atoms with van der Waals surface area (Å²) in [5.41, 5.74) is 0. The average molecular weight is 278 g/mol. The summed E-state index contributed by atoms with van der Waals surface area (Å²) in [6.45, 7) is 2.09. The highest BCUT2D eigenvalue weighted by Crippen LogP contribution is 2.04. The minimum atomic E-state index is -2.31. The Bertz CT molecular complexity index is 432. The number of hydrogen-bond donors (Lipinski definition) is 2. The summed E-state index contributed by atoms with van der Waals surface area (Å²) in [6, 6.07) is 0. The van der Waals surface area contributed by atoms with Gasteiger partial charge in [-0.25, -0.2) is 9.10 Å². The summed E-state index contributed by atoms with van der Waals surface area (Å²) < 4.78 is 26.9. The Morgan fingerprint density at radius 2 is 2.39 bits per heavy atom. The molecule has 1 unspecified atom stereocenters. The fourth-order valence-electron chi connectivity index (χ4n) is 1.49.